The summed E-state index contributed by atoms with van der Waals surface area (Å²) in [6.07, 6.45) is 3.10. The van der Waals surface area contributed by atoms with E-state index in [2.05, 4.69) is 14.6 Å². The maximum Gasteiger partial charge on any atom is 0.212 e. The number of nitrogens with zero attached hydrogens (tertiary/aromatic N) is 2. The highest BCUT2D eigenvalue weighted by Gasteiger charge is 2.26. The predicted octanol–water partition coefficient (Wildman–Crippen LogP) is 1.82. The molecule has 1 aliphatic heterocycles. The molecule has 2 aromatic rings. The van der Waals surface area contributed by atoms with Gasteiger partial charge in [0.25, 0.3) is 0 Å². The molecule has 2 heterocycles. The molecule has 0 aliphatic carbocycles. The van der Waals surface area contributed by atoms with Crippen molar-refractivity contribution in [1.29, 1.82) is 0 Å². The van der Waals surface area contributed by atoms with E-state index in [4.69, 9.17) is 0 Å². The van der Waals surface area contributed by atoms with Crippen molar-refractivity contribution in [2.75, 3.05) is 23.7 Å². The molecule has 1 fully saturated rings. The number of pyridine rings is 1. The van der Waals surface area contributed by atoms with Crippen LogP contribution in [-0.4, -0.2) is 38.3 Å². The van der Waals surface area contributed by atoms with Crippen molar-refractivity contribution in [2.24, 2.45) is 0 Å². The lowest BCUT2D eigenvalue weighted by atomic mass is 10.2. The summed E-state index contributed by atoms with van der Waals surface area (Å²) in [7, 11) is -3.27. The van der Waals surface area contributed by atoms with Crippen LogP contribution in [0.25, 0.3) is 0 Å². The van der Waals surface area contributed by atoms with Gasteiger partial charge in [0.15, 0.2) is 0 Å². The number of hydrogen-bond donors (Lipinski definition) is 1. The highest BCUT2D eigenvalue weighted by Crippen LogP contribution is 2.17. The monoisotopic (exact) mass is 331 g/mol. The van der Waals surface area contributed by atoms with Gasteiger partial charge in [-0.05, 0) is 30.5 Å². The molecule has 5 nitrogen and oxygen atoms in total. The number of sulfonamides is 1. The van der Waals surface area contributed by atoms with E-state index >= 15 is 0 Å². The van der Waals surface area contributed by atoms with Crippen LogP contribution in [0, 0.1) is 0 Å². The summed E-state index contributed by atoms with van der Waals surface area (Å²) in [6, 6.07) is 15.4. The Morgan fingerprint density at radius 3 is 2.65 bits per heavy atom. The molecule has 0 spiro atoms. The normalized spacial score (nSPS) is 18.3. The van der Waals surface area contributed by atoms with Crippen molar-refractivity contribution in [2.45, 2.75) is 18.9 Å². The topological polar surface area (TPSA) is 62.3 Å². The van der Waals surface area contributed by atoms with Gasteiger partial charge in [0.05, 0.1) is 5.75 Å². The van der Waals surface area contributed by atoms with Crippen LogP contribution >= 0.6 is 0 Å². The average Bonchev–Trinajstić information content (AvgIpc) is 3.03. The maximum atomic E-state index is 12.3. The van der Waals surface area contributed by atoms with Gasteiger partial charge < -0.3 is 4.90 Å². The van der Waals surface area contributed by atoms with E-state index in [1.165, 1.54) is 0 Å². The number of benzene rings is 1. The van der Waals surface area contributed by atoms with Crippen LogP contribution in [0.2, 0.25) is 0 Å². The van der Waals surface area contributed by atoms with Crippen LogP contribution in [-0.2, 0) is 16.4 Å². The van der Waals surface area contributed by atoms with Crippen molar-refractivity contribution < 1.29 is 8.42 Å². The van der Waals surface area contributed by atoms with Crippen LogP contribution in [0.4, 0.5) is 5.82 Å². The highest BCUT2D eigenvalue weighted by molar-refractivity contribution is 7.89. The third-order valence-electron chi connectivity index (χ3n) is 4.01. The van der Waals surface area contributed by atoms with Gasteiger partial charge in [0.1, 0.15) is 5.82 Å². The van der Waals surface area contributed by atoms with E-state index in [1.807, 2.05) is 48.5 Å². The minimum absolute atomic E-state index is 0.0437. The van der Waals surface area contributed by atoms with Crippen LogP contribution < -0.4 is 9.62 Å². The van der Waals surface area contributed by atoms with Crippen molar-refractivity contribution in [3.8, 4) is 0 Å². The Bertz CT molecular complexity index is 720. The van der Waals surface area contributed by atoms with Gasteiger partial charge in [0.2, 0.25) is 10.0 Å². The van der Waals surface area contributed by atoms with Crippen LogP contribution in [0.5, 0.6) is 0 Å². The second-order valence-electron chi connectivity index (χ2n) is 5.79. The summed E-state index contributed by atoms with van der Waals surface area (Å²) < 4.78 is 27.3. The lowest BCUT2D eigenvalue weighted by molar-refractivity contribution is 0.560. The lowest BCUT2D eigenvalue weighted by Crippen LogP contribution is -2.38. The van der Waals surface area contributed by atoms with Crippen molar-refractivity contribution in [1.82, 2.24) is 9.71 Å². The molecule has 0 saturated carbocycles. The molecule has 1 unspecified atom stereocenters. The van der Waals surface area contributed by atoms with E-state index in [0.29, 0.717) is 13.0 Å². The van der Waals surface area contributed by atoms with Gasteiger partial charge >= 0.3 is 0 Å². The Balaban J connectivity index is 1.53. The van der Waals surface area contributed by atoms with Crippen molar-refractivity contribution >= 4 is 15.8 Å². The molecule has 23 heavy (non-hydrogen) atoms. The molecule has 1 aromatic heterocycles. The standard InChI is InChI=1S/C17H21N3O2S/c21-23(22,13-10-15-6-2-1-3-7-15)19-16-9-12-20(14-16)17-8-4-5-11-18-17/h1-8,11,16,19H,9-10,12-14H2. The van der Waals surface area contributed by atoms with Crippen molar-refractivity contribution in [3.63, 3.8) is 0 Å². The van der Waals surface area contributed by atoms with Gasteiger partial charge in [-0.1, -0.05) is 36.4 Å². The van der Waals surface area contributed by atoms with E-state index in [0.717, 1.165) is 24.3 Å². The van der Waals surface area contributed by atoms with Gasteiger partial charge in [-0.2, -0.15) is 0 Å². The molecular formula is C17H21N3O2S. The predicted molar refractivity (Wildman–Crippen MR) is 91.9 cm³/mol. The molecule has 0 amide bonds. The molecule has 1 atom stereocenters. The molecule has 1 aromatic carbocycles. The Labute approximate surface area is 137 Å². The zero-order valence-corrected chi connectivity index (χ0v) is 13.7. The fourth-order valence-corrected chi connectivity index (χ4v) is 4.14. The zero-order valence-electron chi connectivity index (χ0n) is 12.9. The first kappa shape index (κ1) is 16.0. The molecule has 122 valence electrons. The highest BCUT2D eigenvalue weighted by atomic mass is 32.2. The minimum atomic E-state index is -3.27. The molecule has 0 bridgehead atoms. The third kappa shape index (κ3) is 4.53. The number of aromatic nitrogens is 1. The van der Waals surface area contributed by atoms with Gasteiger partial charge in [-0.15, -0.1) is 0 Å². The molecule has 3 rings (SSSR count). The molecule has 1 saturated heterocycles. The smallest absolute Gasteiger partial charge is 0.212 e. The summed E-state index contributed by atoms with van der Waals surface area (Å²) in [4.78, 5) is 6.43. The first-order valence-corrected chi connectivity index (χ1v) is 9.47. The number of rotatable bonds is 6. The maximum absolute atomic E-state index is 12.3. The average molecular weight is 331 g/mol. The van der Waals surface area contributed by atoms with E-state index in [1.54, 1.807) is 6.20 Å². The molecular weight excluding hydrogens is 310 g/mol. The van der Waals surface area contributed by atoms with Crippen LogP contribution in [0.15, 0.2) is 54.7 Å². The van der Waals surface area contributed by atoms with Crippen molar-refractivity contribution in [3.05, 3.63) is 60.3 Å². The second-order valence-corrected chi connectivity index (χ2v) is 7.67. The molecule has 1 aliphatic rings. The van der Waals surface area contributed by atoms with Crippen LogP contribution in [0.1, 0.15) is 12.0 Å². The van der Waals surface area contributed by atoms with E-state index in [-0.39, 0.29) is 11.8 Å². The van der Waals surface area contributed by atoms with E-state index < -0.39 is 10.0 Å². The Morgan fingerprint density at radius 2 is 1.91 bits per heavy atom. The van der Waals surface area contributed by atoms with Gasteiger partial charge in [0, 0.05) is 25.3 Å². The number of nitrogens with one attached hydrogen (secondary N) is 1. The molecule has 0 radical (unpaired) electrons. The number of anilines is 1. The Hall–Kier alpha value is -1.92. The zero-order chi connectivity index (χ0) is 16.1. The molecule has 6 heteroatoms. The number of hydrogen-bond acceptors (Lipinski definition) is 4. The fourth-order valence-electron chi connectivity index (χ4n) is 2.82. The van der Waals surface area contributed by atoms with Crippen LogP contribution in [0.3, 0.4) is 0 Å². The lowest BCUT2D eigenvalue weighted by Gasteiger charge is -2.17. The largest absolute Gasteiger partial charge is 0.355 e. The summed E-state index contributed by atoms with van der Waals surface area (Å²) >= 11 is 0. The third-order valence-corrected chi connectivity index (χ3v) is 5.44. The SMILES string of the molecule is O=S(=O)(CCc1ccccc1)NC1CCN(c2ccccn2)C1. The summed E-state index contributed by atoms with van der Waals surface area (Å²) in [6.45, 7) is 1.49. The fraction of sp³-hybridized carbons (Fsp3) is 0.353. The summed E-state index contributed by atoms with van der Waals surface area (Å²) in [5.74, 6) is 1.02. The minimum Gasteiger partial charge on any atom is -0.355 e. The number of aryl methyl sites for hydroxylation is 1. The summed E-state index contributed by atoms with van der Waals surface area (Å²) in [5, 5.41) is 0. The first-order chi connectivity index (χ1) is 11.1. The van der Waals surface area contributed by atoms with E-state index in [9.17, 15) is 8.42 Å². The summed E-state index contributed by atoms with van der Waals surface area (Å²) in [5.41, 5.74) is 1.04. The molecule has 1 N–H and O–H groups in total. The first-order valence-electron chi connectivity index (χ1n) is 7.82. The van der Waals surface area contributed by atoms with Gasteiger partial charge in [-0.25, -0.2) is 18.1 Å². The Morgan fingerprint density at radius 1 is 1.13 bits per heavy atom. The quantitative estimate of drug-likeness (QED) is 0.877. The second kappa shape index (κ2) is 7.10. The Kier molecular flexibility index (Phi) is 4.93. The van der Waals surface area contributed by atoms with Gasteiger partial charge in [-0.3, -0.25) is 0 Å².